The van der Waals surface area contributed by atoms with E-state index in [0.717, 1.165) is 0 Å². The Hall–Kier alpha value is -1.08. The third-order valence-corrected chi connectivity index (χ3v) is 2.97. The zero-order valence-electron chi connectivity index (χ0n) is 7.97. The van der Waals surface area contributed by atoms with Gasteiger partial charge in [-0.3, -0.25) is 9.40 Å². The second-order valence-corrected chi connectivity index (χ2v) is 4.81. The van der Waals surface area contributed by atoms with Gasteiger partial charge in [0.2, 0.25) is 10.0 Å². The van der Waals surface area contributed by atoms with Crippen molar-refractivity contribution in [1.82, 2.24) is 9.78 Å². The Balaban J connectivity index is 2.59. The largest absolute Gasteiger partial charge is 0.330 e. The van der Waals surface area contributed by atoms with Crippen molar-refractivity contribution in [2.24, 2.45) is 12.8 Å². The molecule has 3 N–H and O–H groups in total. The van der Waals surface area contributed by atoms with Crippen LogP contribution in [0, 0.1) is 0 Å². The lowest BCUT2D eigenvalue weighted by Crippen LogP contribution is -2.18. The number of aromatic nitrogens is 2. The van der Waals surface area contributed by atoms with Crippen LogP contribution in [0.5, 0.6) is 0 Å². The zero-order chi connectivity index (χ0) is 10.6. The van der Waals surface area contributed by atoms with E-state index in [4.69, 9.17) is 5.73 Å². The van der Waals surface area contributed by atoms with Gasteiger partial charge in [-0.2, -0.15) is 5.10 Å². The quantitative estimate of drug-likeness (QED) is 0.698. The van der Waals surface area contributed by atoms with Crippen LogP contribution in [0.15, 0.2) is 12.4 Å². The number of rotatable bonds is 5. The smallest absolute Gasteiger partial charge is 0.232 e. The summed E-state index contributed by atoms with van der Waals surface area (Å²) in [5.41, 5.74) is 5.70. The fourth-order valence-electron chi connectivity index (χ4n) is 0.978. The van der Waals surface area contributed by atoms with E-state index < -0.39 is 10.0 Å². The molecular formula is C7H14N4O2S. The van der Waals surface area contributed by atoms with Crippen molar-refractivity contribution in [2.75, 3.05) is 17.0 Å². The first-order valence-corrected chi connectivity index (χ1v) is 5.88. The van der Waals surface area contributed by atoms with E-state index in [-0.39, 0.29) is 5.75 Å². The van der Waals surface area contributed by atoms with Gasteiger partial charge in [0, 0.05) is 13.2 Å². The Morgan fingerprint density at radius 1 is 1.64 bits per heavy atom. The van der Waals surface area contributed by atoms with Crippen molar-refractivity contribution in [1.29, 1.82) is 0 Å². The van der Waals surface area contributed by atoms with Gasteiger partial charge in [-0.1, -0.05) is 0 Å². The second kappa shape index (κ2) is 4.43. The summed E-state index contributed by atoms with van der Waals surface area (Å²) >= 11 is 0. The first-order chi connectivity index (χ1) is 6.53. The van der Waals surface area contributed by atoms with Crippen LogP contribution in [0.25, 0.3) is 0 Å². The maximum Gasteiger partial charge on any atom is 0.232 e. The topological polar surface area (TPSA) is 90.0 Å². The second-order valence-electron chi connectivity index (χ2n) is 2.97. The highest BCUT2D eigenvalue weighted by molar-refractivity contribution is 7.92. The van der Waals surface area contributed by atoms with Gasteiger partial charge in [0.15, 0.2) is 0 Å². The van der Waals surface area contributed by atoms with Gasteiger partial charge < -0.3 is 5.73 Å². The molecule has 1 heterocycles. The molecule has 0 aromatic carbocycles. The summed E-state index contributed by atoms with van der Waals surface area (Å²) < 4.78 is 26.7. The van der Waals surface area contributed by atoms with Gasteiger partial charge in [0.05, 0.1) is 17.6 Å². The maximum atomic E-state index is 11.4. The molecule has 0 aliphatic heterocycles. The van der Waals surface area contributed by atoms with Crippen LogP contribution >= 0.6 is 0 Å². The molecule has 0 fully saturated rings. The monoisotopic (exact) mass is 218 g/mol. The average Bonchev–Trinajstić information content (AvgIpc) is 2.47. The SMILES string of the molecule is Cn1cc(NS(=O)(=O)CCCN)cn1. The Kier molecular flexibility index (Phi) is 3.48. The number of nitrogens with zero attached hydrogens (tertiary/aromatic N) is 2. The highest BCUT2D eigenvalue weighted by Gasteiger charge is 2.09. The molecule has 0 unspecified atom stereocenters. The minimum absolute atomic E-state index is 0.0401. The highest BCUT2D eigenvalue weighted by atomic mass is 32.2. The number of sulfonamides is 1. The van der Waals surface area contributed by atoms with Crippen molar-refractivity contribution in [3.8, 4) is 0 Å². The van der Waals surface area contributed by atoms with Crippen LogP contribution in [0.2, 0.25) is 0 Å². The number of nitrogens with one attached hydrogen (secondary N) is 1. The Labute approximate surface area is 83.1 Å². The number of nitrogens with two attached hydrogens (primary N) is 1. The molecule has 6 nitrogen and oxygen atoms in total. The van der Waals surface area contributed by atoms with Crippen LogP contribution in [0.1, 0.15) is 6.42 Å². The first-order valence-electron chi connectivity index (χ1n) is 4.23. The van der Waals surface area contributed by atoms with Crippen molar-refractivity contribution < 1.29 is 8.42 Å². The molecule has 80 valence electrons. The van der Waals surface area contributed by atoms with Gasteiger partial charge in [0.25, 0.3) is 0 Å². The fraction of sp³-hybridized carbons (Fsp3) is 0.571. The molecular weight excluding hydrogens is 204 g/mol. The molecule has 0 saturated carbocycles. The van der Waals surface area contributed by atoms with E-state index in [2.05, 4.69) is 9.82 Å². The first kappa shape index (κ1) is 11.0. The third-order valence-electron chi connectivity index (χ3n) is 1.60. The van der Waals surface area contributed by atoms with Crippen molar-refractivity contribution in [3.05, 3.63) is 12.4 Å². The van der Waals surface area contributed by atoms with E-state index in [0.29, 0.717) is 18.7 Å². The Morgan fingerprint density at radius 3 is 2.86 bits per heavy atom. The summed E-state index contributed by atoms with van der Waals surface area (Å²) in [5.74, 6) is 0.0401. The van der Waals surface area contributed by atoms with Crippen molar-refractivity contribution in [2.45, 2.75) is 6.42 Å². The Morgan fingerprint density at radius 2 is 2.36 bits per heavy atom. The minimum atomic E-state index is -3.27. The molecule has 14 heavy (non-hydrogen) atoms. The highest BCUT2D eigenvalue weighted by Crippen LogP contribution is 2.06. The lowest BCUT2D eigenvalue weighted by Gasteiger charge is -2.03. The predicted molar refractivity (Wildman–Crippen MR) is 54.3 cm³/mol. The summed E-state index contributed by atoms with van der Waals surface area (Å²) in [6.07, 6.45) is 3.51. The minimum Gasteiger partial charge on any atom is -0.330 e. The lowest BCUT2D eigenvalue weighted by atomic mass is 10.5. The molecule has 1 aromatic rings. The third kappa shape index (κ3) is 3.35. The van der Waals surface area contributed by atoms with E-state index >= 15 is 0 Å². The van der Waals surface area contributed by atoms with E-state index in [9.17, 15) is 8.42 Å². The molecule has 0 atom stereocenters. The van der Waals surface area contributed by atoms with Crippen LogP contribution in [-0.2, 0) is 17.1 Å². The number of hydrogen-bond donors (Lipinski definition) is 2. The molecule has 0 aliphatic carbocycles. The van der Waals surface area contributed by atoms with Crippen LogP contribution in [0.4, 0.5) is 5.69 Å². The summed E-state index contributed by atoms with van der Waals surface area (Å²) in [6.45, 7) is 0.369. The lowest BCUT2D eigenvalue weighted by molar-refractivity contribution is 0.599. The maximum absolute atomic E-state index is 11.4. The van der Waals surface area contributed by atoms with Crippen molar-refractivity contribution in [3.63, 3.8) is 0 Å². The molecule has 0 radical (unpaired) electrons. The van der Waals surface area contributed by atoms with Crippen molar-refractivity contribution >= 4 is 15.7 Å². The fourth-order valence-corrected chi connectivity index (χ4v) is 2.09. The molecule has 0 bridgehead atoms. The molecule has 0 saturated heterocycles. The normalized spacial score (nSPS) is 11.6. The molecule has 1 rings (SSSR count). The molecule has 7 heteroatoms. The molecule has 1 aromatic heterocycles. The number of aryl methyl sites for hydroxylation is 1. The number of hydrogen-bond acceptors (Lipinski definition) is 4. The van der Waals surface area contributed by atoms with Crippen LogP contribution < -0.4 is 10.5 Å². The summed E-state index contributed by atoms with van der Waals surface area (Å²) in [5, 5.41) is 3.85. The summed E-state index contributed by atoms with van der Waals surface area (Å²) in [7, 11) is -1.55. The van der Waals surface area contributed by atoms with Gasteiger partial charge in [-0.15, -0.1) is 0 Å². The predicted octanol–water partition coefficient (Wildman–Crippen LogP) is -0.489. The zero-order valence-corrected chi connectivity index (χ0v) is 8.79. The van der Waals surface area contributed by atoms with E-state index in [1.807, 2.05) is 0 Å². The van der Waals surface area contributed by atoms with Crippen LogP contribution in [-0.4, -0.2) is 30.5 Å². The van der Waals surface area contributed by atoms with Gasteiger partial charge in [-0.05, 0) is 13.0 Å². The average molecular weight is 218 g/mol. The standard InChI is InChI=1S/C7H14N4O2S/c1-11-6-7(5-9-11)10-14(12,13)4-2-3-8/h5-6,10H,2-4,8H2,1H3. The van der Waals surface area contributed by atoms with Crippen LogP contribution in [0.3, 0.4) is 0 Å². The summed E-state index contributed by atoms with van der Waals surface area (Å²) in [4.78, 5) is 0. The van der Waals surface area contributed by atoms with Gasteiger partial charge in [-0.25, -0.2) is 8.42 Å². The van der Waals surface area contributed by atoms with E-state index in [1.54, 1.807) is 13.2 Å². The summed E-state index contributed by atoms with van der Waals surface area (Å²) in [6, 6.07) is 0. The van der Waals surface area contributed by atoms with Gasteiger partial charge >= 0.3 is 0 Å². The molecule has 0 spiro atoms. The Bertz CT molecular complexity index is 384. The van der Waals surface area contributed by atoms with Gasteiger partial charge in [0.1, 0.15) is 0 Å². The van der Waals surface area contributed by atoms with E-state index in [1.165, 1.54) is 10.9 Å². The molecule has 0 aliphatic rings. The number of anilines is 1. The molecule has 0 amide bonds.